The van der Waals surface area contributed by atoms with E-state index in [1.807, 2.05) is 49.1 Å². The first-order valence-corrected chi connectivity index (χ1v) is 10.3. The Morgan fingerprint density at radius 2 is 1.69 bits per heavy atom. The average molecular weight is 389 g/mol. The van der Waals surface area contributed by atoms with E-state index in [9.17, 15) is 9.59 Å². The lowest BCUT2D eigenvalue weighted by Gasteiger charge is -2.31. The van der Waals surface area contributed by atoms with Gasteiger partial charge < -0.3 is 9.32 Å². The Balaban J connectivity index is 1.39. The molecule has 0 bridgehead atoms. The molecule has 4 heteroatoms. The fourth-order valence-corrected chi connectivity index (χ4v) is 4.14. The van der Waals surface area contributed by atoms with Gasteiger partial charge in [-0.2, -0.15) is 0 Å². The zero-order valence-electron chi connectivity index (χ0n) is 17.3. The van der Waals surface area contributed by atoms with Crippen molar-refractivity contribution in [3.8, 4) is 0 Å². The second kappa shape index (κ2) is 7.86. The molecule has 3 aromatic rings. The van der Waals surface area contributed by atoms with E-state index in [1.165, 1.54) is 5.56 Å². The molecule has 150 valence electrons. The fraction of sp³-hybridized carbons (Fsp3) is 0.360. The molecule has 0 atom stereocenters. The lowest BCUT2D eigenvalue weighted by atomic mass is 9.88. The number of furan rings is 1. The number of benzene rings is 2. The highest BCUT2D eigenvalue weighted by Gasteiger charge is 2.28. The number of hydrogen-bond acceptors (Lipinski definition) is 3. The monoisotopic (exact) mass is 389 g/mol. The summed E-state index contributed by atoms with van der Waals surface area (Å²) in [7, 11) is 0. The van der Waals surface area contributed by atoms with Crippen LogP contribution in [0.5, 0.6) is 0 Å². The molecule has 29 heavy (non-hydrogen) atoms. The first-order chi connectivity index (χ1) is 13.9. The van der Waals surface area contributed by atoms with Crippen LogP contribution in [-0.4, -0.2) is 29.7 Å². The van der Waals surface area contributed by atoms with Gasteiger partial charge in [0.1, 0.15) is 5.58 Å². The number of nitrogens with zero attached hydrogens (tertiary/aromatic N) is 1. The van der Waals surface area contributed by atoms with E-state index >= 15 is 0 Å². The van der Waals surface area contributed by atoms with E-state index in [0.717, 1.165) is 46.1 Å². The zero-order valence-corrected chi connectivity index (χ0v) is 17.3. The Bertz CT molecular complexity index is 1050. The number of likely N-dealkylation sites (tertiary alicyclic amines) is 1. The molecule has 0 spiro atoms. The lowest BCUT2D eigenvalue weighted by Crippen LogP contribution is -2.41. The van der Waals surface area contributed by atoms with E-state index in [4.69, 9.17) is 4.42 Å². The van der Waals surface area contributed by atoms with Gasteiger partial charge in [0.05, 0.1) is 12.7 Å². The van der Waals surface area contributed by atoms with Crippen molar-refractivity contribution in [3.63, 3.8) is 0 Å². The number of carbonyl (C=O) groups is 2. The van der Waals surface area contributed by atoms with Crippen LogP contribution in [0.3, 0.4) is 0 Å². The van der Waals surface area contributed by atoms with E-state index in [0.29, 0.717) is 19.5 Å². The Hall–Kier alpha value is -2.88. The number of aryl methyl sites for hydroxylation is 3. The van der Waals surface area contributed by atoms with Gasteiger partial charge in [0, 0.05) is 35.5 Å². The molecule has 4 rings (SSSR count). The molecule has 1 aliphatic heterocycles. The summed E-state index contributed by atoms with van der Waals surface area (Å²) in [6, 6.07) is 11.9. The molecule has 1 amide bonds. The number of piperidine rings is 1. The summed E-state index contributed by atoms with van der Waals surface area (Å²) in [5, 5.41) is 1.02. The minimum Gasteiger partial charge on any atom is -0.464 e. The number of fused-ring (bicyclic) bond motifs is 1. The van der Waals surface area contributed by atoms with Crippen molar-refractivity contribution in [3.05, 3.63) is 70.5 Å². The minimum absolute atomic E-state index is 0.00198. The maximum absolute atomic E-state index is 12.8. The van der Waals surface area contributed by atoms with Crippen LogP contribution in [0.2, 0.25) is 0 Å². The largest absolute Gasteiger partial charge is 0.464 e. The standard InChI is InChI=1S/C25H27NO3/c1-16-4-7-19(8-5-16)24(28)20-10-12-26(13-11-20)23(27)14-21-15-29-25-18(3)17(2)6-9-22(21)25/h4-9,15,20H,10-14H2,1-3H3. The Kier molecular flexibility index (Phi) is 5.27. The topological polar surface area (TPSA) is 50.5 Å². The number of rotatable bonds is 4. The molecule has 0 N–H and O–H groups in total. The predicted octanol–water partition coefficient (Wildman–Crippen LogP) is 5.02. The summed E-state index contributed by atoms with van der Waals surface area (Å²) >= 11 is 0. The maximum atomic E-state index is 12.8. The van der Waals surface area contributed by atoms with Gasteiger partial charge in [-0.3, -0.25) is 9.59 Å². The van der Waals surface area contributed by atoms with Gasteiger partial charge in [-0.15, -0.1) is 0 Å². The van der Waals surface area contributed by atoms with Crippen LogP contribution in [0.25, 0.3) is 11.0 Å². The summed E-state index contributed by atoms with van der Waals surface area (Å²) < 4.78 is 5.74. The van der Waals surface area contributed by atoms with Crippen LogP contribution >= 0.6 is 0 Å². The summed E-state index contributed by atoms with van der Waals surface area (Å²) in [4.78, 5) is 27.5. The summed E-state index contributed by atoms with van der Waals surface area (Å²) in [5.74, 6) is 0.304. The molecule has 0 radical (unpaired) electrons. The highest BCUT2D eigenvalue weighted by molar-refractivity contribution is 5.98. The third-order valence-corrected chi connectivity index (χ3v) is 6.24. The third-order valence-electron chi connectivity index (χ3n) is 6.24. The predicted molar refractivity (Wildman–Crippen MR) is 114 cm³/mol. The molecule has 0 aliphatic carbocycles. The van der Waals surface area contributed by atoms with Gasteiger partial charge in [-0.05, 0) is 44.7 Å². The molecule has 0 unspecified atom stereocenters. The summed E-state index contributed by atoms with van der Waals surface area (Å²) in [6.45, 7) is 7.39. The third kappa shape index (κ3) is 3.84. The van der Waals surface area contributed by atoms with Crippen molar-refractivity contribution in [2.75, 3.05) is 13.1 Å². The first kappa shape index (κ1) is 19.4. The van der Waals surface area contributed by atoms with Crippen molar-refractivity contribution >= 4 is 22.7 Å². The molecule has 1 aromatic heterocycles. The van der Waals surface area contributed by atoms with Crippen LogP contribution in [0, 0.1) is 26.7 Å². The van der Waals surface area contributed by atoms with Crippen molar-refractivity contribution in [2.24, 2.45) is 5.92 Å². The van der Waals surface area contributed by atoms with Crippen LogP contribution in [-0.2, 0) is 11.2 Å². The molecule has 1 saturated heterocycles. The van der Waals surface area contributed by atoms with Gasteiger partial charge in [-0.25, -0.2) is 0 Å². The Labute approximate surface area is 171 Å². The summed E-state index contributed by atoms with van der Waals surface area (Å²) in [6.07, 6.45) is 3.50. The molecule has 2 heterocycles. The highest BCUT2D eigenvalue weighted by atomic mass is 16.3. The van der Waals surface area contributed by atoms with E-state index < -0.39 is 0 Å². The zero-order chi connectivity index (χ0) is 20.5. The molecular formula is C25H27NO3. The second-order valence-electron chi connectivity index (χ2n) is 8.21. The SMILES string of the molecule is Cc1ccc(C(=O)C2CCN(C(=O)Cc3coc4c(C)c(C)ccc34)CC2)cc1. The molecule has 2 aromatic carbocycles. The van der Waals surface area contributed by atoms with Gasteiger partial charge in [0.15, 0.2) is 5.78 Å². The minimum atomic E-state index is 0.00198. The maximum Gasteiger partial charge on any atom is 0.227 e. The van der Waals surface area contributed by atoms with Crippen molar-refractivity contribution < 1.29 is 14.0 Å². The number of amides is 1. The molecular weight excluding hydrogens is 362 g/mol. The summed E-state index contributed by atoms with van der Waals surface area (Å²) in [5.41, 5.74) is 6.04. The number of ketones is 1. The number of Topliss-reactive ketones (excluding diaryl/α,β-unsaturated/α-hetero) is 1. The fourth-order valence-electron chi connectivity index (χ4n) is 4.14. The van der Waals surface area contributed by atoms with E-state index in [-0.39, 0.29) is 17.6 Å². The smallest absolute Gasteiger partial charge is 0.227 e. The van der Waals surface area contributed by atoms with Gasteiger partial charge in [-0.1, -0.05) is 42.0 Å². The van der Waals surface area contributed by atoms with Crippen molar-refractivity contribution in [1.29, 1.82) is 0 Å². The van der Waals surface area contributed by atoms with Gasteiger partial charge in [0.2, 0.25) is 5.91 Å². The second-order valence-corrected chi connectivity index (χ2v) is 8.21. The number of carbonyl (C=O) groups excluding carboxylic acids is 2. The lowest BCUT2D eigenvalue weighted by molar-refractivity contribution is -0.131. The van der Waals surface area contributed by atoms with Crippen molar-refractivity contribution in [1.82, 2.24) is 4.90 Å². The quantitative estimate of drug-likeness (QED) is 0.589. The normalized spacial score (nSPS) is 15.1. The molecule has 1 aliphatic rings. The van der Waals surface area contributed by atoms with Crippen LogP contribution < -0.4 is 0 Å². The Morgan fingerprint density at radius 3 is 2.38 bits per heavy atom. The van der Waals surface area contributed by atoms with Gasteiger partial charge >= 0.3 is 0 Å². The highest BCUT2D eigenvalue weighted by Crippen LogP contribution is 2.28. The van der Waals surface area contributed by atoms with Crippen LogP contribution in [0.15, 0.2) is 47.1 Å². The van der Waals surface area contributed by atoms with E-state index in [2.05, 4.69) is 13.0 Å². The Morgan fingerprint density at radius 1 is 1.00 bits per heavy atom. The number of hydrogen-bond donors (Lipinski definition) is 0. The van der Waals surface area contributed by atoms with Crippen molar-refractivity contribution in [2.45, 2.75) is 40.0 Å². The van der Waals surface area contributed by atoms with Gasteiger partial charge in [0.25, 0.3) is 0 Å². The molecule has 4 nitrogen and oxygen atoms in total. The average Bonchev–Trinajstić information content (AvgIpc) is 3.14. The van der Waals surface area contributed by atoms with Crippen LogP contribution in [0.1, 0.15) is 45.5 Å². The van der Waals surface area contributed by atoms with E-state index in [1.54, 1.807) is 6.26 Å². The molecule has 0 saturated carbocycles. The first-order valence-electron chi connectivity index (χ1n) is 10.3. The molecule has 1 fully saturated rings. The van der Waals surface area contributed by atoms with Crippen LogP contribution in [0.4, 0.5) is 0 Å².